The second-order valence-corrected chi connectivity index (χ2v) is 3.98. The van der Waals surface area contributed by atoms with Crippen molar-refractivity contribution in [2.24, 2.45) is 0 Å². The predicted molar refractivity (Wildman–Crippen MR) is 66.1 cm³/mol. The monoisotopic (exact) mass is 265 g/mol. The lowest BCUT2D eigenvalue weighted by atomic mass is 10.0. The molecule has 2 aromatic carbocycles. The van der Waals surface area contributed by atoms with E-state index in [1.807, 2.05) is 0 Å². The number of para-hydroxylation sites is 1. The smallest absolute Gasteiger partial charge is 0.221 e. The minimum absolute atomic E-state index is 0.153. The highest BCUT2D eigenvalue weighted by Crippen LogP contribution is 2.29. The second kappa shape index (κ2) is 5.14. The minimum atomic E-state index is -1.51. The zero-order valence-electron chi connectivity index (χ0n) is 10.0. The van der Waals surface area contributed by atoms with Crippen LogP contribution < -0.4 is 5.32 Å². The van der Waals surface area contributed by atoms with Crippen LogP contribution in [0.5, 0.6) is 0 Å². The van der Waals surface area contributed by atoms with Crippen LogP contribution in [0.25, 0.3) is 11.1 Å². The molecule has 0 radical (unpaired) electrons. The van der Waals surface area contributed by atoms with E-state index in [2.05, 4.69) is 5.32 Å². The molecule has 2 aromatic rings. The number of rotatable bonds is 2. The van der Waals surface area contributed by atoms with E-state index in [0.29, 0.717) is 11.3 Å². The molecular weight excluding hydrogens is 255 g/mol. The van der Waals surface area contributed by atoms with Gasteiger partial charge in [0.2, 0.25) is 5.91 Å². The molecule has 0 unspecified atom stereocenters. The number of nitrogens with one attached hydrogen (secondary N) is 1. The van der Waals surface area contributed by atoms with Crippen molar-refractivity contribution < 1.29 is 18.0 Å². The van der Waals surface area contributed by atoms with Crippen molar-refractivity contribution >= 4 is 11.6 Å². The fourth-order valence-electron chi connectivity index (χ4n) is 1.74. The number of carbonyl (C=O) groups is 1. The molecule has 0 aromatic heterocycles. The molecule has 5 heteroatoms. The maximum atomic E-state index is 13.2. The SMILES string of the molecule is CC(=O)Nc1ccccc1-c1cc(F)c(F)c(F)c1. The van der Waals surface area contributed by atoms with Gasteiger partial charge in [0.15, 0.2) is 17.5 Å². The minimum Gasteiger partial charge on any atom is -0.326 e. The summed E-state index contributed by atoms with van der Waals surface area (Å²) in [6.07, 6.45) is 0. The molecule has 0 fully saturated rings. The van der Waals surface area contributed by atoms with Crippen molar-refractivity contribution in [3.63, 3.8) is 0 Å². The summed E-state index contributed by atoms with van der Waals surface area (Å²) in [4.78, 5) is 11.1. The van der Waals surface area contributed by atoms with Gasteiger partial charge in [-0.25, -0.2) is 13.2 Å². The van der Waals surface area contributed by atoms with E-state index < -0.39 is 17.5 Å². The maximum Gasteiger partial charge on any atom is 0.221 e. The van der Waals surface area contributed by atoms with Crippen molar-refractivity contribution in [2.75, 3.05) is 5.32 Å². The summed E-state index contributed by atoms with van der Waals surface area (Å²) in [6, 6.07) is 8.27. The third-order valence-electron chi connectivity index (χ3n) is 2.53. The Labute approximate surface area is 107 Å². The molecule has 0 atom stereocenters. The number of hydrogen-bond acceptors (Lipinski definition) is 1. The van der Waals surface area contributed by atoms with Gasteiger partial charge in [-0.1, -0.05) is 18.2 Å². The van der Waals surface area contributed by atoms with Crippen LogP contribution in [0.4, 0.5) is 18.9 Å². The van der Waals surface area contributed by atoms with E-state index >= 15 is 0 Å². The first-order valence-corrected chi connectivity index (χ1v) is 5.50. The van der Waals surface area contributed by atoms with Gasteiger partial charge in [-0.15, -0.1) is 0 Å². The first-order valence-electron chi connectivity index (χ1n) is 5.50. The van der Waals surface area contributed by atoms with Gasteiger partial charge in [-0.05, 0) is 23.8 Å². The summed E-state index contributed by atoms with van der Waals surface area (Å²) < 4.78 is 39.4. The van der Waals surface area contributed by atoms with Crippen molar-refractivity contribution in [3.05, 3.63) is 53.8 Å². The molecule has 0 saturated carbocycles. The molecule has 1 amide bonds. The average molecular weight is 265 g/mol. The summed E-state index contributed by atoms with van der Waals surface area (Å²) in [5.74, 6) is -4.36. The summed E-state index contributed by atoms with van der Waals surface area (Å²) in [6.45, 7) is 1.32. The Kier molecular flexibility index (Phi) is 3.55. The molecule has 0 saturated heterocycles. The Bertz CT molecular complexity index is 617. The van der Waals surface area contributed by atoms with E-state index in [4.69, 9.17) is 0 Å². The standard InChI is InChI=1S/C14H10F3NO/c1-8(19)18-13-5-3-2-4-10(13)9-6-11(15)14(17)12(16)7-9/h2-7H,1H3,(H,18,19). The fraction of sp³-hybridized carbons (Fsp3) is 0.0714. The average Bonchev–Trinajstić information content (AvgIpc) is 2.35. The Hall–Kier alpha value is -2.30. The lowest BCUT2D eigenvalue weighted by molar-refractivity contribution is -0.114. The first-order chi connectivity index (χ1) is 8.99. The molecule has 1 N–H and O–H groups in total. The molecule has 19 heavy (non-hydrogen) atoms. The van der Waals surface area contributed by atoms with Gasteiger partial charge in [0, 0.05) is 18.2 Å². The van der Waals surface area contributed by atoms with Crippen LogP contribution in [0.1, 0.15) is 6.92 Å². The fourth-order valence-corrected chi connectivity index (χ4v) is 1.74. The number of benzene rings is 2. The number of anilines is 1. The van der Waals surface area contributed by atoms with Gasteiger partial charge < -0.3 is 5.32 Å². The maximum absolute atomic E-state index is 13.2. The van der Waals surface area contributed by atoms with Crippen LogP contribution in [0.2, 0.25) is 0 Å². The summed E-state index contributed by atoms with van der Waals surface area (Å²) in [5, 5.41) is 2.55. The van der Waals surface area contributed by atoms with Gasteiger partial charge in [0.1, 0.15) is 0 Å². The summed E-state index contributed by atoms with van der Waals surface area (Å²) in [7, 11) is 0. The lowest BCUT2D eigenvalue weighted by Crippen LogP contribution is -2.07. The molecule has 0 aliphatic rings. The predicted octanol–water partition coefficient (Wildman–Crippen LogP) is 3.73. The van der Waals surface area contributed by atoms with Crippen molar-refractivity contribution in [2.45, 2.75) is 6.92 Å². The molecule has 0 bridgehead atoms. The molecule has 0 aliphatic carbocycles. The zero-order chi connectivity index (χ0) is 14.0. The normalized spacial score (nSPS) is 10.3. The van der Waals surface area contributed by atoms with Crippen molar-refractivity contribution in [1.82, 2.24) is 0 Å². The Morgan fingerprint density at radius 2 is 1.63 bits per heavy atom. The number of carbonyl (C=O) groups excluding carboxylic acids is 1. The van der Waals surface area contributed by atoms with Gasteiger partial charge in [-0.3, -0.25) is 4.79 Å². The molecule has 0 heterocycles. The van der Waals surface area contributed by atoms with Gasteiger partial charge in [0.25, 0.3) is 0 Å². The first kappa shape index (κ1) is 13.1. The zero-order valence-corrected chi connectivity index (χ0v) is 10.0. The largest absolute Gasteiger partial charge is 0.326 e. The Morgan fingerprint density at radius 3 is 2.21 bits per heavy atom. The van der Waals surface area contributed by atoms with Crippen LogP contribution >= 0.6 is 0 Å². The van der Waals surface area contributed by atoms with E-state index in [9.17, 15) is 18.0 Å². The van der Waals surface area contributed by atoms with Crippen LogP contribution in [0.3, 0.4) is 0 Å². The highest BCUT2D eigenvalue weighted by Gasteiger charge is 2.13. The van der Waals surface area contributed by atoms with E-state index in [0.717, 1.165) is 12.1 Å². The third-order valence-corrected chi connectivity index (χ3v) is 2.53. The summed E-state index contributed by atoms with van der Waals surface area (Å²) in [5.41, 5.74) is 0.969. The number of halogens is 3. The Balaban J connectivity index is 2.56. The second-order valence-electron chi connectivity index (χ2n) is 3.98. The summed E-state index contributed by atoms with van der Waals surface area (Å²) >= 11 is 0. The molecular formula is C14H10F3NO. The quantitative estimate of drug-likeness (QED) is 0.823. The van der Waals surface area contributed by atoms with Crippen molar-refractivity contribution in [1.29, 1.82) is 0 Å². The molecule has 0 aliphatic heterocycles. The number of hydrogen-bond donors (Lipinski definition) is 1. The van der Waals surface area contributed by atoms with Crippen LogP contribution in [0.15, 0.2) is 36.4 Å². The lowest BCUT2D eigenvalue weighted by Gasteiger charge is -2.10. The van der Waals surface area contributed by atoms with E-state index in [-0.39, 0.29) is 11.5 Å². The highest BCUT2D eigenvalue weighted by atomic mass is 19.2. The van der Waals surface area contributed by atoms with Crippen LogP contribution in [0, 0.1) is 17.5 Å². The van der Waals surface area contributed by atoms with Gasteiger partial charge >= 0.3 is 0 Å². The number of amides is 1. The third kappa shape index (κ3) is 2.76. The molecule has 2 nitrogen and oxygen atoms in total. The van der Waals surface area contributed by atoms with Gasteiger partial charge in [0.05, 0.1) is 0 Å². The molecule has 0 spiro atoms. The van der Waals surface area contributed by atoms with Crippen molar-refractivity contribution in [3.8, 4) is 11.1 Å². The van der Waals surface area contributed by atoms with Crippen LogP contribution in [-0.4, -0.2) is 5.91 Å². The highest BCUT2D eigenvalue weighted by molar-refractivity contribution is 5.94. The molecule has 98 valence electrons. The molecule has 2 rings (SSSR count). The van der Waals surface area contributed by atoms with E-state index in [1.54, 1.807) is 24.3 Å². The van der Waals surface area contributed by atoms with Gasteiger partial charge in [-0.2, -0.15) is 0 Å². The Morgan fingerprint density at radius 1 is 1.05 bits per heavy atom. The topological polar surface area (TPSA) is 29.1 Å². The van der Waals surface area contributed by atoms with E-state index in [1.165, 1.54) is 6.92 Å². The van der Waals surface area contributed by atoms with Crippen LogP contribution in [-0.2, 0) is 4.79 Å².